The van der Waals surface area contributed by atoms with Crippen LogP contribution < -0.4 is 0 Å². The molecular weight excluding hydrogens is 174 g/mol. The third-order valence-corrected chi connectivity index (χ3v) is 3.16. The lowest BCUT2D eigenvalue weighted by molar-refractivity contribution is 0.133. The number of hydrogen-bond acceptors (Lipinski definition) is 2. The lowest BCUT2D eigenvalue weighted by atomic mass is 10.1. The van der Waals surface area contributed by atoms with E-state index in [-0.39, 0.29) is 6.10 Å². The number of rotatable bonds is 6. The zero-order chi connectivity index (χ0) is 10.4. The Hall–Kier alpha value is -0.0800. The average Bonchev–Trinajstić information content (AvgIpc) is 2.52. The van der Waals surface area contributed by atoms with Gasteiger partial charge in [-0.15, -0.1) is 0 Å². The van der Waals surface area contributed by atoms with E-state index in [4.69, 9.17) is 0 Å². The van der Waals surface area contributed by atoms with Crippen molar-refractivity contribution in [3.63, 3.8) is 0 Å². The van der Waals surface area contributed by atoms with Crippen LogP contribution in [0, 0.1) is 0 Å². The van der Waals surface area contributed by atoms with Crippen molar-refractivity contribution >= 4 is 0 Å². The van der Waals surface area contributed by atoms with Gasteiger partial charge in [0, 0.05) is 6.04 Å². The van der Waals surface area contributed by atoms with E-state index in [9.17, 15) is 5.11 Å². The van der Waals surface area contributed by atoms with Gasteiger partial charge in [-0.25, -0.2) is 0 Å². The average molecular weight is 199 g/mol. The van der Waals surface area contributed by atoms with Crippen molar-refractivity contribution in [3.05, 3.63) is 0 Å². The second-order valence-electron chi connectivity index (χ2n) is 4.62. The zero-order valence-electron chi connectivity index (χ0n) is 9.71. The van der Waals surface area contributed by atoms with Crippen LogP contribution in [0.4, 0.5) is 0 Å². The van der Waals surface area contributed by atoms with Crippen LogP contribution in [0.2, 0.25) is 0 Å². The quantitative estimate of drug-likeness (QED) is 0.664. The Bertz CT molecular complexity index is 147. The Balaban J connectivity index is 2.21. The predicted octanol–water partition coefficient (Wildman–Crippen LogP) is 2.41. The van der Waals surface area contributed by atoms with Crippen molar-refractivity contribution in [1.82, 2.24) is 4.90 Å². The van der Waals surface area contributed by atoms with Gasteiger partial charge in [-0.3, -0.25) is 0 Å². The summed E-state index contributed by atoms with van der Waals surface area (Å²) < 4.78 is 0. The number of likely N-dealkylation sites (tertiary alicyclic amines) is 1. The molecule has 2 heteroatoms. The minimum absolute atomic E-state index is 0.133. The standard InChI is InChI=1S/C12H25NO/c1-3-4-5-8-13-9-6-7-12(13)10-11(2)14/h11-12,14H,3-10H2,1-2H3. The molecule has 1 rings (SSSR count). The van der Waals surface area contributed by atoms with Crippen molar-refractivity contribution in [2.45, 2.75) is 64.5 Å². The second kappa shape index (κ2) is 6.41. The van der Waals surface area contributed by atoms with Crippen LogP contribution in [0.25, 0.3) is 0 Å². The largest absolute Gasteiger partial charge is 0.393 e. The fraction of sp³-hybridized carbons (Fsp3) is 1.00. The molecule has 0 radical (unpaired) electrons. The van der Waals surface area contributed by atoms with Gasteiger partial charge in [0.05, 0.1) is 6.10 Å². The van der Waals surface area contributed by atoms with E-state index in [1.165, 1.54) is 45.2 Å². The summed E-state index contributed by atoms with van der Waals surface area (Å²) in [5.74, 6) is 0. The summed E-state index contributed by atoms with van der Waals surface area (Å²) in [6.45, 7) is 6.64. The molecule has 1 aliphatic rings. The summed E-state index contributed by atoms with van der Waals surface area (Å²) in [7, 11) is 0. The Morgan fingerprint density at radius 1 is 1.43 bits per heavy atom. The fourth-order valence-corrected chi connectivity index (χ4v) is 2.42. The van der Waals surface area contributed by atoms with Crippen LogP contribution in [0.3, 0.4) is 0 Å². The number of nitrogens with zero attached hydrogens (tertiary/aromatic N) is 1. The Kier molecular flexibility index (Phi) is 5.49. The minimum atomic E-state index is -0.133. The Labute approximate surface area is 88.3 Å². The van der Waals surface area contributed by atoms with Crippen molar-refractivity contribution in [2.75, 3.05) is 13.1 Å². The van der Waals surface area contributed by atoms with Gasteiger partial charge in [0.15, 0.2) is 0 Å². The molecular formula is C12H25NO. The zero-order valence-corrected chi connectivity index (χ0v) is 9.71. The van der Waals surface area contributed by atoms with Crippen molar-refractivity contribution in [2.24, 2.45) is 0 Å². The molecule has 0 aromatic heterocycles. The number of unbranched alkanes of at least 4 members (excludes halogenated alkanes) is 2. The molecule has 0 aromatic rings. The molecule has 1 saturated heterocycles. The molecule has 2 unspecified atom stereocenters. The molecule has 0 amide bonds. The highest BCUT2D eigenvalue weighted by molar-refractivity contribution is 4.80. The first-order valence-electron chi connectivity index (χ1n) is 6.16. The molecule has 0 bridgehead atoms. The van der Waals surface area contributed by atoms with Gasteiger partial charge >= 0.3 is 0 Å². The molecule has 1 heterocycles. The predicted molar refractivity (Wildman–Crippen MR) is 60.4 cm³/mol. The normalized spacial score (nSPS) is 25.5. The lowest BCUT2D eigenvalue weighted by Crippen LogP contribution is -2.32. The number of aliphatic hydroxyl groups is 1. The molecule has 0 aliphatic carbocycles. The molecule has 2 atom stereocenters. The SMILES string of the molecule is CCCCCN1CCCC1CC(C)O. The van der Waals surface area contributed by atoms with Crippen LogP contribution in [-0.2, 0) is 0 Å². The van der Waals surface area contributed by atoms with E-state index in [0.29, 0.717) is 6.04 Å². The summed E-state index contributed by atoms with van der Waals surface area (Å²) in [5, 5.41) is 9.38. The fourth-order valence-electron chi connectivity index (χ4n) is 2.42. The van der Waals surface area contributed by atoms with Gasteiger partial charge in [0.1, 0.15) is 0 Å². The van der Waals surface area contributed by atoms with Gasteiger partial charge in [0.25, 0.3) is 0 Å². The first-order chi connectivity index (χ1) is 6.74. The van der Waals surface area contributed by atoms with Gasteiger partial charge in [-0.2, -0.15) is 0 Å². The van der Waals surface area contributed by atoms with E-state index in [0.717, 1.165) is 6.42 Å². The summed E-state index contributed by atoms with van der Waals surface area (Å²) in [5.41, 5.74) is 0. The van der Waals surface area contributed by atoms with E-state index in [1.54, 1.807) is 0 Å². The Morgan fingerprint density at radius 2 is 2.21 bits per heavy atom. The van der Waals surface area contributed by atoms with E-state index in [2.05, 4.69) is 11.8 Å². The smallest absolute Gasteiger partial charge is 0.0527 e. The highest BCUT2D eigenvalue weighted by Gasteiger charge is 2.24. The molecule has 1 aliphatic heterocycles. The van der Waals surface area contributed by atoms with Crippen molar-refractivity contribution in [1.29, 1.82) is 0 Å². The lowest BCUT2D eigenvalue weighted by Gasteiger charge is -2.25. The van der Waals surface area contributed by atoms with Crippen LogP contribution in [0.5, 0.6) is 0 Å². The van der Waals surface area contributed by atoms with Crippen LogP contribution >= 0.6 is 0 Å². The molecule has 0 aromatic carbocycles. The van der Waals surface area contributed by atoms with Gasteiger partial charge in [0.2, 0.25) is 0 Å². The Morgan fingerprint density at radius 3 is 2.86 bits per heavy atom. The second-order valence-corrected chi connectivity index (χ2v) is 4.62. The summed E-state index contributed by atoms with van der Waals surface area (Å²) in [6, 6.07) is 0.659. The van der Waals surface area contributed by atoms with Crippen LogP contribution in [0.15, 0.2) is 0 Å². The monoisotopic (exact) mass is 199 g/mol. The summed E-state index contributed by atoms with van der Waals surface area (Å²) >= 11 is 0. The molecule has 2 nitrogen and oxygen atoms in total. The number of hydrogen-bond donors (Lipinski definition) is 1. The molecule has 1 N–H and O–H groups in total. The molecule has 0 saturated carbocycles. The maximum Gasteiger partial charge on any atom is 0.0527 e. The molecule has 84 valence electrons. The summed E-state index contributed by atoms with van der Waals surface area (Å²) in [4.78, 5) is 2.57. The topological polar surface area (TPSA) is 23.5 Å². The van der Waals surface area contributed by atoms with Gasteiger partial charge in [-0.05, 0) is 45.7 Å². The molecule has 14 heavy (non-hydrogen) atoms. The highest BCUT2D eigenvalue weighted by atomic mass is 16.3. The number of aliphatic hydroxyl groups excluding tert-OH is 1. The van der Waals surface area contributed by atoms with Crippen LogP contribution in [-0.4, -0.2) is 35.2 Å². The van der Waals surface area contributed by atoms with Crippen LogP contribution in [0.1, 0.15) is 52.4 Å². The van der Waals surface area contributed by atoms with E-state index >= 15 is 0 Å². The van der Waals surface area contributed by atoms with E-state index in [1.807, 2.05) is 6.92 Å². The van der Waals surface area contributed by atoms with E-state index < -0.39 is 0 Å². The van der Waals surface area contributed by atoms with Crippen molar-refractivity contribution in [3.8, 4) is 0 Å². The molecule has 0 spiro atoms. The third-order valence-electron chi connectivity index (χ3n) is 3.16. The maximum absolute atomic E-state index is 9.38. The summed E-state index contributed by atoms with van der Waals surface area (Å²) in [6.07, 6.45) is 7.42. The maximum atomic E-state index is 9.38. The van der Waals surface area contributed by atoms with Crippen molar-refractivity contribution < 1.29 is 5.11 Å². The highest BCUT2D eigenvalue weighted by Crippen LogP contribution is 2.21. The third kappa shape index (κ3) is 3.97. The first-order valence-corrected chi connectivity index (χ1v) is 6.16. The first kappa shape index (κ1) is 12.0. The van der Waals surface area contributed by atoms with Gasteiger partial charge in [-0.1, -0.05) is 19.8 Å². The molecule has 1 fully saturated rings. The van der Waals surface area contributed by atoms with Gasteiger partial charge < -0.3 is 10.0 Å². The minimum Gasteiger partial charge on any atom is -0.393 e.